The Morgan fingerprint density at radius 2 is 1.83 bits per heavy atom. The van der Waals surface area contributed by atoms with Gasteiger partial charge in [-0.25, -0.2) is 9.97 Å². The lowest BCUT2D eigenvalue weighted by Crippen LogP contribution is -2.11. The van der Waals surface area contributed by atoms with Crippen molar-refractivity contribution in [3.63, 3.8) is 0 Å². The van der Waals surface area contributed by atoms with E-state index in [1.54, 1.807) is 29.0 Å². The highest BCUT2D eigenvalue weighted by Crippen LogP contribution is 2.42. The fraction of sp³-hybridized carbons (Fsp3) is 0.200. The van der Waals surface area contributed by atoms with Crippen LogP contribution in [0.3, 0.4) is 0 Å². The smallest absolute Gasteiger partial charge is 0.231 e. The molecule has 4 heterocycles. The predicted molar refractivity (Wildman–Crippen MR) is 129 cm³/mol. The predicted octanol–water partition coefficient (Wildman–Crippen LogP) is 8.08. The molecule has 5 heteroatoms. The van der Waals surface area contributed by atoms with Crippen LogP contribution in [0, 0.1) is 6.92 Å². The SMILES string of the molecule is Cc1csc2ccc3c(oc4ncnc(-c5cc(C(C)(C)C)c6sccc6c5)c43)c12. The zero-order chi connectivity index (χ0) is 20.6. The largest absolute Gasteiger partial charge is 0.437 e. The van der Waals surface area contributed by atoms with Gasteiger partial charge in [-0.2, -0.15) is 0 Å². The Hall–Kier alpha value is -2.76. The van der Waals surface area contributed by atoms with Gasteiger partial charge in [0.25, 0.3) is 0 Å². The van der Waals surface area contributed by atoms with E-state index in [1.807, 2.05) is 0 Å². The third kappa shape index (κ3) is 2.49. The average Bonchev–Trinajstić information content (AvgIpc) is 3.42. The standard InChI is InChI=1S/C25H20N2OS2/c1-13-11-30-18-6-5-16-20-21(26-12-27-24(20)28-22(16)19(13)18)15-9-14-7-8-29-23(14)17(10-15)25(2,3)4/h5-12H,1-4H3. The van der Waals surface area contributed by atoms with Crippen molar-refractivity contribution in [3.05, 3.63) is 58.5 Å². The minimum absolute atomic E-state index is 0.0453. The molecule has 0 fully saturated rings. The topological polar surface area (TPSA) is 38.9 Å². The number of hydrogen-bond acceptors (Lipinski definition) is 5. The van der Waals surface area contributed by atoms with Gasteiger partial charge in [0.2, 0.25) is 5.71 Å². The Morgan fingerprint density at radius 3 is 2.67 bits per heavy atom. The van der Waals surface area contributed by atoms with Crippen molar-refractivity contribution >= 4 is 64.9 Å². The Bertz CT molecular complexity index is 1590. The number of nitrogens with zero attached hydrogens (tertiary/aromatic N) is 2. The molecule has 0 bridgehead atoms. The van der Waals surface area contributed by atoms with E-state index in [0.29, 0.717) is 5.71 Å². The van der Waals surface area contributed by atoms with Gasteiger partial charge in [-0.1, -0.05) is 20.8 Å². The molecule has 0 aliphatic heterocycles. The van der Waals surface area contributed by atoms with Gasteiger partial charge in [-0.3, -0.25) is 0 Å². The Kier molecular flexibility index (Phi) is 3.68. The van der Waals surface area contributed by atoms with Crippen LogP contribution in [-0.4, -0.2) is 9.97 Å². The molecular weight excluding hydrogens is 408 g/mol. The lowest BCUT2D eigenvalue weighted by atomic mass is 9.85. The molecule has 0 aliphatic carbocycles. The first kappa shape index (κ1) is 18.0. The van der Waals surface area contributed by atoms with Crippen LogP contribution in [0.5, 0.6) is 0 Å². The number of furan rings is 1. The molecule has 0 radical (unpaired) electrons. The molecule has 3 nitrogen and oxygen atoms in total. The van der Waals surface area contributed by atoms with Crippen LogP contribution in [0.25, 0.3) is 53.5 Å². The van der Waals surface area contributed by atoms with Crippen molar-refractivity contribution in [3.8, 4) is 11.3 Å². The lowest BCUT2D eigenvalue weighted by Gasteiger charge is -2.21. The van der Waals surface area contributed by atoms with Crippen LogP contribution in [0.2, 0.25) is 0 Å². The van der Waals surface area contributed by atoms with Crippen molar-refractivity contribution in [2.45, 2.75) is 33.1 Å². The Balaban J connectivity index is 1.73. The lowest BCUT2D eigenvalue weighted by molar-refractivity contribution is 0.597. The first-order valence-corrected chi connectivity index (χ1v) is 11.7. The van der Waals surface area contributed by atoms with E-state index < -0.39 is 0 Å². The number of thiophene rings is 2. The molecule has 0 saturated heterocycles. The maximum Gasteiger partial charge on any atom is 0.231 e. The van der Waals surface area contributed by atoms with Crippen LogP contribution in [0.1, 0.15) is 31.9 Å². The van der Waals surface area contributed by atoms with Crippen LogP contribution in [0.4, 0.5) is 0 Å². The van der Waals surface area contributed by atoms with Crippen molar-refractivity contribution in [1.82, 2.24) is 9.97 Å². The summed E-state index contributed by atoms with van der Waals surface area (Å²) in [7, 11) is 0. The number of hydrogen-bond donors (Lipinski definition) is 0. The molecule has 0 spiro atoms. The molecule has 148 valence electrons. The number of aryl methyl sites for hydroxylation is 1. The average molecular weight is 429 g/mol. The van der Waals surface area contributed by atoms with Gasteiger partial charge in [-0.05, 0) is 69.9 Å². The Labute approximate surface area is 182 Å². The molecule has 0 unspecified atom stereocenters. The zero-order valence-corrected chi connectivity index (χ0v) is 18.9. The van der Waals surface area contributed by atoms with Crippen LogP contribution in [-0.2, 0) is 5.41 Å². The van der Waals surface area contributed by atoms with Crippen molar-refractivity contribution in [2.75, 3.05) is 0 Å². The number of fused-ring (bicyclic) bond motifs is 6. The van der Waals surface area contributed by atoms with Gasteiger partial charge in [-0.15, -0.1) is 22.7 Å². The summed E-state index contributed by atoms with van der Waals surface area (Å²) in [4.78, 5) is 9.22. The number of benzene rings is 2. The van der Waals surface area contributed by atoms with Crippen molar-refractivity contribution in [1.29, 1.82) is 0 Å². The quantitative estimate of drug-likeness (QED) is 0.266. The molecule has 4 aromatic heterocycles. The van der Waals surface area contributed by atoms with E-state index in [2.05, 4.69) is 73.8 Å². The zero-order valence-electron chi connectivity index (χ0n) is 17.2. The highest BCUT2D eigenvalue weighted by molar-refractivity contribution is 7.17. The molecule has 6 rings (SSSR count). The molecule has 6 aromatic rings. The van der Waals surface area contributed by atoms with Gasteiger partial charge in [0.05, 0.1) is 11.1 Å². The number of aromatic nitrogens is 2. The monoisotopic (exact) mass is 428 g/mol. The molecule has 0 N–H and O–H groups in total. The molecule has 0 aliphatic rings. The maximum absolute atomic E-state index is 6.29. The first-order chi connectivity index (χ1) is 14.4. The summed E-state index contributed by atoms with van der Waals surface area (Å²) in [5, 5.41) is 8.88. The summed E-state index contributed by atoms with van der Waals surface area (Å²) >= 11 is 3.56. The second-order valence-electron chi connectivity index (χ2n) is 8.85. The van der Waals surface area contributed by atoms with Crippen LogP contribution < -0.4 is 0 Å². The second kappa shape index (κ2) is 6.13. The van der Waals surface area contributed by atoms with E-state index in [1.165, 1.54) is 31.3 Å². The third-order valence-corrected chi connectivity index (χ3v) is 7.82. The van der Waals surface area contributed by atoms with Gasteiger partial charge in [0.1, 0.15) is 11.9 Å². The van der Waals surface area contributed by atoms with Crippen molar-refractivity contribution in [2.24, 2.45) is 0 Å². The Morgan fingerprint density at radius 1 is 0.967 bits per heavy atom. The number of rotatable bonds is 1. The summed E-state index contributed by atoms with van der Waals surface area (Å²) in [5.74, 6) is 0. The summed E-state index contributed by atoms with van der Waals surface area (Å²) in [6, 6.07) is 11.1. The molecule has 30 heavy (non-hydrogen) atoms. The van der Waals surface area contributed by atoms with E-state index in [-0.39, 0.29) is 5.41 Å². The van der Waals surface area contributed by atoms with E-state index in [9.17, 15) is 0 Å². The summed E-state index contributed by atoms with van der Waals surface area (Å²) in [6.07, 6.45) is 1.62. The highest BCUT2D eigenvalue weighted by Gasteiger charge is 2.22. The van der Waals surface area contributed by atoms with Gasteiger partial charge >= 0.3 is 0 Å². The van der Waals surface area contributed by atoms with E-state index in [0.717, 1.165) is 27.6 Å². The third-order valence-electron chi connectivity index (χ3n) is 5.79. The van der Waals surface area contributed by atoms with E-state index >= 15 is 0 Å². The molecule has 0 atom stereocenters. The summed E-state index contributed by atoms with van der Waals surface area (Å²) < 4.78 is 8.88. The van der Waals surface area contributed by atoms with Gasteiger partial charge in [0.15, 0.2) is 0 Å². The summed E-state index contributed by atoms with van der Waals surface area (Å²) in [5.41, 5.74) is 6.24. The molecule has 2 aromatic carbocycles. The van der Waals surface area contributed by atoms with Crippen molar-refractivity contribution < 1.29 is 4.42 Å². The van der Waals surface area contributed by atoms with Gasteiger partial charge < -0.3 is 4.42 Å². The normalized spacial score (nSPS) is 12.7. The second-order valence-corrected chi connectivity index (χ2v) is 10.7. The molecule has 0 amide bonds. The van der Waals surface area contributed by atoms with Gasteiger partial charge in [0, 0.05) is 25.7 Å². The first-order valence-electron chi connectivity index (χ1n) is 9.98. The van der Waals surface area contributed by atoms with Crippen LogP contribution in [0.15, 0.2) is 51.8 Å². The maximum atomic E-state index is 6.29. The summed E-state index contributed by atoms with van der Waals surface area (Å²) in [6.45, 7) is 8.94. The minimum Gasteiger partial charge on any atom is -0.437 e. The van der Waals surface area contributed by atoms with Crippen LogP contribution >= 0.6 is 22.7 Å². The fourth-order valence-electron chi connectivity index (χ4n) is 4.33. The highest BCUT2D eigenvalue weighted by atomic mass is 32.1. The molecular formula is C25H20N2OS2. The fourth-order valence-corrected chi connectivity index (χ4v) is 6.38. The molecule has 0 saturated carbocycles. The minimum atomic E-state index is 0.0453. The van der Waals surface area contributed by atoms with E-state index in [4.69, 9.17) is 9.40 Å².